The maximum absolute atomic E-state index is 12.9. The molecule has 1 atom stereocenters. The Morgan fingerprint density at radius 3 is 2.24 bits per heavy atom. The van der Waals surface area contributed by atoms with E-state index in [9.17, 15) is 13.2 Å². The Kier molecular flexibility index (Phi) is 6.84. The first-order valence-corrected chi connectivity index (χ1v) is 13.0. The first-order valence-electron chi connectivity index (χ1n) is 11.5. The molecule has 0 unspecified atom stereocenters. The SMILES string of the molecule is CC[C@H](NC(=O)c1ccc(NS(=O)(=O)c2ccc(C)cc2)cc1)c1ccc2c(c1)CCCC2. The number of carbonyl (C=O) groups excluding carboxylic acids is 1. The van der Waals surface area contributed by atoms with E-state index >= 15 is 0 Å². The Labute approximate surface area is 196 Å². The molecule has 3 aromatic rings. The number of rotatable bonds is 7. The van der Waals surface area contributed by atoms with E-state index < -0.39 is 10.0 Å². The van der Waals surface area contributed by atoms with Gasteiger partial charge in [0.15, 0.2) is 0 Å². The summed E-state index contributed by atoms with van der Waals surface area (Å²) in [4.78, 5) is 13.1. The van der Waals surface area contributed by atoms with Gasteiger partial charge in [0.1, 0.15) is 0 Å². The van der Waals surface area contributed by atoms with E-state index in [1.54, 1.807) is 48.5 Å². The fourth-order valence-electron chi connectivity index (χ4n) is 4.25. The van der Waals surface area contributed by atoms with Crippen molar-refractivity contribution in [3.8, 4) is 0 Å². The molecule has 0 fully saturated rings. The first kappa shape index (κ1) is 23.1. The molecule has 0 radical (unpaired) electrons. The molecule has 0 aliphatic heterocycles. The number of benzene rings is 3. The van der Waals surface area contributed by atoms with E-state index in [1.165, 1.54) is 24.0 Å². The maximum atomic E-state index is 12.9. The molecule has 3 aromatic carbocycles. The van der Waals surface area contributed by atoms with Crippen LogP contribution in [0.4, 0.5) is 5.69 Å². The van der Waals surface area contributed by atoms with Crippen molar-refractivity contribution in [3.05, 3.63) is 94.5 Å². The van der Waals surface area contributed by atoms with Gasteiger partial charge in [-0.05, 0) is 92.1 Å². The molecule has 172 valence electrons. The summed E-state index contributed by atoms with van der Waals surface area (Å²) in [5, 5.41) is 3.13. The Morgan fingerprint density at radius 2 is 1.58 bits per heavy atom. The van der Waals surface area contributed by atoms with Crippen molar-refractivity contribution >= 4 is 21.6 Å². The van der Waals surface area contributed by atoms with Gasteiger partial charge in [-0.25, -0.2) is 8.42 Å². The molecule has 0 spiro atoms. The zero-order chi connectivity index (χ0) is 23.4. The molecule has 4 rings (SSSR count). The monoisotopic (exact) mass is 462 g/mol. The highest BCUT2D eigenvalue weighted by molar-refractivity contribution is 7.92. The van der Waals surface area contributed by atoms with Crippen LogP contribution in [0.3, 0.4) is 0 Å². The lowest BCUT2D eigenvalue weighted by Crippen LogP contribution is -2.28. The van der Waals surface area contributed by atoms with Crippen molar-refractivity contribution in [2.75, 3.05) is 4.72 Å². The van der Waals surface area contributed by atoms with Gasteiger partial charge < -0.3 is 5.32 Å². The lowest BCUT2D eigenvalue weighted by atomic mass is 9.88. The second kappa shape index (κ2) is 9.79. The van der Waals surface area contributed by atoms with Crippen molar-refractivity contribution < 1.29 is 13.2 Å². The molecular weight excluding hydrogens is 432 g/mol. The van der Waals surface area contributed by atoms with Crippen LogP contribution in [0.5, 0.6) is 0 Å². The first-order chi connectivity index (χ1) is 15.9. The van der Waals surface area contributed by atoms with Gasteiger partial charge in [0, 0.05) is 11.3 Å². The number of carbonyl (C=O) groups is 1. The highest BCUT2D eigenvalue weighted by Gasteiger charge is 2.18. The minimum Gasteiger partial charge on any atom is -0.345 e. The normalized spacial score (nSPS) is 14.2. The summed E-state index contributed by atoms with van der Waals surface area (Å²) in [5.41, 5.74) is 5.85. The maximum Gasteiger partial charge on any atom is 0.261 e. The van der Waals surface area contributed by atoms with Gasteiger partial charge in [0.25, 0.3) is 15.9 Å². The largest absolute Gasteiger partial charge is 0.345 e. The number of amides is 1. The topological polar surface area (TPSA) is 75.3 Å². The fraction of sp³-hybridized carbons (Fsp3) is 0.296. The molecule has 1 amide bonds. The minimum absolute atomic E-state index is 0.0653. The molecule has 0 bridgehead atoms. The molecule has 1 aliphatic rings. The Balaban J connectivity index is 1.44. The van der Waals surface area contributed by atoms with Crippen LogP contribution >= 0.6 is 0 Å². The molecule has 2 N–H and O–H groups in total. The Bertz CT molecular complexity index is 1230. The summed E-state index contributed by atoms with van der Waals surface area (Å²) in [6.45, 7) is 3.97. The Morgan fingerprint density at radius 1 is 0.909 bits per heavy atom. The van der Waals surface area contributed by atoms with Gasteiger partial charge in [-0.15, -0.1) is 0 Å². The van der Waals surface area contributed by atoms with Crippen LogP contribution in [0, 0.1) is 6.92 Å². The molecule has 5 nitrogen and oxygen atoms in total. The summed E-state index contributed by atoms with van der Waals surface area (Å²) < 4.78 is 27.7. The van der Waals surface area contributed by atoms with Crippen LogP contribution in [-0.4, -0.2) is 14.3 Å². The van der Waals surface area contributed by atoms with Gasteiger partial charge in [0.2, 0.25) is 0 Å². The van der Waals surface area contributed by atoms with Crippen LogP contribution in [-0.2, 0) is 22.9 Å². The van der Waals surface area contributed by atoms with Crippen LogP contribution < -0.4 is 10.0 Å². The standard InChI is InChI=1S/C27H30N2O3S/c1-3-26(23-11-10-20-6-4-5-7-22(20)18-23)28-27(30)21-12-14-24(15-13-21)29-33(31,32)25-16-8-19(2)9-17-25/h8-18,26,29H,3-7H2,1-2H3,(H,28,30)/t26-/m0/s1. The van der Waals surface area contributed by atoms with Crippen molar-refractivity contribution in [3.63, 3.8) is 0 Å². The lowest BCUT2D eigenvalue weighted by molar-refractivity contribution is 0.0935. The lowest BCUT2D eigenvalue weighted by Gasteiger charge is -2.22. The van der Waals surface area contributed by atoms with E-state index in [2.05, 4.69) is 35.2 Å². The number of nitrogens with one attached hydrogen (secondary N) is 2. The van der Waals surface area contributed by atoms with Gasteiger partial charge in [0.05, 0.1) is 10.9 Å². The molecule has 1 aliphatic carbocycles. The third-order valence-electron chi connectivity index (χ3n) is 6.22. The quantitative estimate of drug-likeness (QED) is 0.483. The second-order valence-corrected chi connectivity index (χ2v) is 10.3. The van der Waals surface area contributed by atoms with Gasteiger partial charge in [-0.1, -0.05) is 42.8 Å². The highest BCUT2D eigenvalue weighted by atomic mass is 32.2. The molecule has 0 aromatic heterocycles. The zero-order valence-electron chi connectivity index (χ0n) is 19.1. The summed E-state index contributed by atoms with van der Waals surface area (Å²) in [7, 11) is -3.68. The number of hydrogen-bond donors (Lipinski definition) is 2. The van der Waals surface area contributed by atoms with E-state index in [4.69, 9.17) is 0 Å². The third-order valence-corrected chi connectivity index (χ3v) is 7.62. The van der Waals surface area contributed by atoms with E-state index in [-0.39, 0.29) is 16.8 Å². The van der Waals surface area contributed by atoms with Crippen molar-refractivity contribution in [1.82, 2.24) is 5.32 Å². The summed E-state index contributed by atoms with van der Waals surface area (Å²) in [6.07, 6.45) is 5.50. The van der Waals surface area contributed by atoms with Crippen LogP contribution in [0.2, 0.25) is 0 Å². The van der Waals surface area contributed by atoms with Crippen molar-refractivity contribution in [2.24, 2.45) is 0 Å². The average Bonchev–Trinajstić information content (AvgIpc) is 2.82. The summed E-state index contributed by atoms with van der Waals surface area (Å²) in [5.74, 6) is -0.174. The molecule has 0 heterocycles. The molecule has 33 heavy (non-hydrogen) atoms. The number of sulfonamides is 1. The average molecular weight is 463 g/mol. The molecule has 6 heteroatoms. The predicted molar refractivity (Wildman–Crippen MR) is 132 cm³/mol. The van der Waals surface area contributed by atoms with Crippen LogP contribution in [0.25, 0.3) is 0 Å². The van der Waals surface area contributed by atoms with Crippen molar-refractivity contribution in [2.45, 2.75) is 56.9 Å². The zero-order valence-corrected chi connectivity index (χ0v) is 19.9. The van der Waals surface area contributed by atoms with E-state index in [1.807, 2.05) is 6.92 Å². The number of hydrogen-bond acceptors (Lipinski definition) is 3. The number of anilines is 1. The fourth-order valence-corrected chi connectivity index (χ4v) is 5.31. The summed E-state index contributed by atoms with van der Waals surface area (Å²) >= 11 is 0. The highest BCUT2D eigenvalue weighted by Crippen LogP contribution is 2.26. The van der Waals surface area contributed by atoms with Gasteiger partial charge in [-0.2, -0.15) is 0 Å². The molecule has 0 saturated heterocycles. The van der Waals surface area contributed by atoms with E-state index in [0.29, 0.717) is 11.3 Å². The van der Waals surface area contributed by atoms with Crippen LogP contribution in [0.1, 0.15) is 64.8 Å². The smallest absolute Gasteiger partial charge is 0.261 e. The minimum atomic E-state index is -3.68. The van der Waals surface area contributed by atoms with E-state index in [0.717, 1.165) is 30.4 Å². The van der Waals surface area contributed by atoms with Gasteiger partial charge in [-0.3, -0.25) is 9.52 Å². The summed E-state index contributed by atoms with van der Waals surface area (Å²) in [6, 6.07) is 19.7. The van der Waals surface area contributed by atoms with Crippen molar-refractivity contribution in [1.29, 1.82) is 0 Å². The molecule has 0 saturated carbocycles. The Hall–Kier alpha value is -3.12. The van der Waals surface area contributed by atoms with Crippen LogP contribution in [0.15, 0.2) is 71.6 Å². The second-order valence-electron chi connectivity index (χ2n) is 8.67. The number of fused-ring (bicyclic) bond motifs is 1. The van der Waals surface area contributed by atoms with Gasteiger partial charge >= 0.3 is 0 Å². The number of aryl methyl sites for hydroxylation is 3. The third kappa shape index (κ3) is 5.45. The molecular formula is C27H30N2O3S. The predicted octanol–water partition coefficient (Wildman–Crippen LogP) is 5.56.